The molecule has 0 radical (unpaired) electrons. The molecule has 1 unspecified atom stereocenters. The van der Waals surface area contributed by atoms with Crippen LogP contribution in [0.1, 0.15) is 28.2 Å². The fourth-order valence-corrected chi connectivity index (χ4v) is 2.35. The van der Waals surface area contributed by atoms with Crippen molar-refractivity contribution in [1.29, 1.82) is 0 Å². The number of rotatable bonds is 5. The highest BCUT2D eigenvalue weighted by Crippen LogP contribution is 2.24. The van der Waals surface area contributed by atoms with E-state index >= 15 is 0 Å². The van der Waals surface area contributed by atoms with E-state index in [-0.39, 0.29) is 0 Å². The van der Waals surface area contributed by atoms with Crippen molar-refractivity contribution in [3.63, 3.8) is 0 Å². The van der Waals surface area contributed by atoms with Gasteiger partial charge in [0.1, 0.15) is 5.75 Å². The summed E-state index contributed by atoms with van der Waals surface area (Å²) in [5, 5.41) is 9.51. The number of carboxylic acid groups (broad SMARTS) is 1. The topological polar surface area (TPSA) is 46.5 Å². The first kappa shape index (κ1) is 15.1. The van der Waals surface area contributed by atoms with Gasteiger partial charge in [-0.15, -0.1) is 0 Å². The van der Waals surface area contributed by atoms with Crippen LogP contribution in [0.25, 0.3) is 0 Å². The molecular formula is C18H20O3. The van der Waals surface area contributed by atoms with E-state index in [1.165, 1.54) is 11.1 Å². The Kier molecular flexibility index (Phi) is 4.63. The second-order valence-corrected chi connectivity index (χ2v) is 5.29. The van der Waals surface area contributed by atoms with Crippen LogP contribution in [0, 0.1) is 13.8 Å². The number of aryl methyl sites for hydroxylation is 2. The zero-order valence-corrected chi connectivity index (χ0v) is 12.6. The van der Waals surface area contributed by atoms with Crippen LogP contribution in [-0.2, 0) is 11.2 Å². The van der Waals surface area contributed by atoms with E-state index in [0.717, 1.165) is 16.9 Å². The summed E-state index contributed by atoms with van der Waals surface area (Å²) in [7, 11) is 1.60. The lowest BCUT2D eigenvalue weighted by Gasteiger charge is -2.14. The maximum Gasteiger partial charge on any atom is 0.311 e. The molecule has 3 heteroatoms. The number of aliphatic carboxylic acids is 1. The number of hydrogen-bond acceptors (Lipinski definition) is 2. The van der Waals surface area contributed by atoms with Crippen molar-refractivity contribution in [2.75, 3.05) is 7.11 Å². The molecule has 110 valence electrons. The van der Waals surface area contributed by atoms with Crippen molar-refractivity contribution in [2.45, 2.75) is 26.2 Å². The lowest BCUT2D eigenvalue weighted by molar-refractivity contribution is -0.138. The van der Waals surface area contributed by atoms with Crippen LogP contribution in [0.15, 0.2) is 42.5 Å². The summed E-state index contributed by atoms with van der Waals surface area (Å²) >= 11 is 0. The minimum Gasteiger partial charge on any atom is -0.497 e. The van der Waals surface area contributed by atoms with E-state index in [4.69, 9.17) is 4.74 Å². The van der Waals surface area contributed by atoms with E-state index in [2.05, 4.69) is 13.0 Å². The van der Waals surface area contributed by atoms with Crippen molar-refractivity contribution >= 4 is 5.97 Å². The molecule has 1 N–H and O–H groups in total. The van der Waals surface area contributed by atoms with Gasteiger partial charge >= 0.3 is 5.97 Å². The van der Waals surface area contributed by atoms with Gasteiger partial charge in [0.15, 0.2) is 0 Å². The van der Waals surface area contributed by atoms with Crippen LogP contribution in [0.4, 0.5) is 0 Å². The standard InChI is InChI=1S/C18H20O3/c1-12-4-5-14(10-13(12)2)11-17(18(19)20)15-6-8-16(21-3)9-7-15/h4-10,17H,11H2,1-3H3,(H,19,20). The van der Waals surface area contributed by atoms with Gasteiger partial charge in [0, 0.05) is 0 Å². The number of methoxy groups -OCH3 is 1. The van der Waals surface area contributed by atoms with Crippen molar-refractivity contribution in [3.05, 3.63) is 64.7 Å². The zero-order valence-electron chi connectivity index (χ0n) is 12.6. The molecule has 3 nitrogen and oxygen atoms in total. The van der Waals surface area contributed by atoms with Gasteiger partial charge in [0.2, 0.25) is 0 Å². The Morgan fingerprint density at radius 3 is 2.29 bits per heavy atom. The smallest absolute Gasteiger partial charge is 0.311 e. The molecule has 0 saturated carbocycles. The van der Waals surface area contributed by atoms with Gasteiger partial charge < -0.3 is 9.84 Å². The Morgan fingerprint density at radius 2 is 1.76 bits per heavy atom. The van der Waals surface area contributed by atoms with Crippen molar-refractivity contribution in [2.24, 2.45) is 0 Å². The van der Waals surface area contributed by atoms with Gasteiger partial charge in [-0.1, -0.05) is 30.3 Å². The zero-order chi connectivity index (χ0) is 15.4. The molecule has 0 aliphatic heterocycles. The maximum atomic E-state index is 11.6. The molecular weight excluding hydrogens is 264 g/mol. The fraction of sp³-hybridized carbons (Fsp3) is 0.278. The van der Waals surface area contributed by atoms with Crippen LogP contribution >= 0.6 is 0 Å². The van der Waals surface area contributed by atoms with Crippen LogP contribution in [0.5, 0.6) is 5.75 Å². The number of carbonyl (C=O) groups is 1. The maximum absolute atomic E-state index is 11.6. The van der Waals surface area contributed by atoms with Crippen LogP contribution < -0.4 is 4.74 Å². The highest BCUT2D eigenvalue weighted by Gasteiger charge is 2.20. The molecule has 2 aromatic carbocycles. The van der Waals surface area contributed by atoms with E-state index in [1.807, 2.05) is 31.2 Å². The average molecular weight is 284 g/mol. The first-order valence-electron chi connectivity index (χ1n) is 6.94. The molecule has 0 aromatic heterocycles. The van der Waals surface area contributed by atoms with Gasteiger partial charge in [-0.2, -0.15) is 0 Å². The van der Waals surface area contributed by atoms with E-state index in [9.17, 15) is 9.90 Å². The lowest BCUT2D eigenvalue weighted by Crippen LogP contribution is -2.14. The minimum absolute atomic E-state index is 0.489. The molecule has 0 aliphatic rings. The van der Waals surface area contributed by atoms with E-state index in [0.29, 0.717) is 6.42 Å². The first-order valence-corrected chi connectivity index (χ1v) is 6.94. The van der Waals surface area contributed by atoms with Crippen LogP contribution in [0.2, 0.25) is 0 Å². The number of carboxylic acids is 1. The summed E-state index contributed by atoms with van der Waals surface area (Å²) in [6, 6.07) is 13.3. The normalized spacial score (nSPS) is 12.0. The second-order valence-electron chi connectivity index (χ2n) is 5.29. The van der Waals surface area contributed by atoms with Crippen molar-refractivity contribution in [1.82, 2.24) is 0 Å². The Labute approximate surface area is 125 Å². The van der Waals surface area contributed by atoms with Crippen LogP contribution in [0.3, 0.4) is 0 Å². The van der Waals surface area contributed by atoms with Gasteiger partial charge in [-0.3, -0.25) is 4.79 Å². The second kappa shape index (κ2) is 6.44. The minimum atomic E-state index is -0.807. The molecule has 2 aromatic rings. The summed E-state index contributed by atoms with van der Waals surface area (Å²) in [5.74, 6) is -0.620. The average Bonchev–Trinajstić information content (AvgIpc) is 2.48. The summed E-state index contributed by atoms with van der Waals surface area (Å²) in [4.78, 5) is 11.6. The Morgan fingerprint density at radius 1 is 1.10 bits per heavy atom. The molecule has 21 heavy (non-hydrogen) atoms. The van der Waals surface area contributed by atoms with Crippen molar-refractivity contribution < 1.29 is 14.6 Å². The largest absolute Gasteiger partial charge is 0.497 e. The Balaban J connectivity index is 2.26. The monoisotopic (exact) mass is 284 g/mol. The SMILES string of the molecule is COc1ccc(C(Cc2ccc(C)c(C)c2)C(=O)O)cc1. The lowest BCUT2D eigenvalue weighted by atomic mass is 9.91. The van der Waals surface area contributed by atoms with Gasteiger partial charge in [-0.25, -0.2) is 0 Å². The summed E-state index contributed by atoms with van der Waals surface area (Å²) in [6.45, 7) is 4.10. The third kappa shape index (κ3) is 3.63. The molecule has 0 fully saturated rings. The molecule has 0 amide bonds. The summed E-state index contributed by atoms with van der Waals surface area (Å²) in [5.41, 5.74) is 4.24. The Hall–Kier alpha value is -2.29. The highest BCUT2D eigenvalue weighted by molar-refractivity contribution is 5.76. The molecule has 0 saturated heterocycles. The predicted molar refractivity (Wildman–Crippen MR) is 83.0 cm³/mol. The van der Waals surface area contributed by atoms with E-state index in [1.54, 1.807) is 19.2 Å². The molecule has 0 heterocycles. The number of ether oxygens (including phenoxy) is 1. The third-order valence-corrected chi connectivity index (χ3v) is 3.83. The molecule has 0 bridgehead atoms. The molecule has 0 aliphatic carbocycles. The Bertz CT molecular complexity index is 629. The third-order valence-electron chi connectivity index (χ3n) is 3.83. The van der Waals surface area contributed by atoms with Crippen LogP contribution in [-0.4, -0.2) is 18.2 Å². The van der Waals surface area contributed by atoms with Crippen molar-refractivity contribution in [3.8, 4) is 5.75 Å². The molecule has 0 spiro atoms. The van der Waals surface area contributed by atoms with Gasteiger partial charge in [0.05, 0.1) is 13.0 Å². The predicted octanol–water partition coefficient (Wildman–Crippen LogP) is 3.72. The summed E-state index contributed by atoms with van der Waals surface area (Å²) in [6.07, 6.45) is 0.489. The summed E-state index contributed by atoms with van der Waals surface area (Å²) < 4.78 is 5.11. The molecule has 2 rings (SSSR count). The number of benzene rings is 2. The highest BCUT2D eigenvalue weighted by atomic mass is 16.5. The van der Waals surface area contributed by atoms with E-state index < -0.39 is 11.9 Å². The fourth-order valence-electron chi connectivity index (χ4n) is 2.35. The quantitative estimate of drug-likeness (QED) is 0.910. The molecule has 1 atom stereocenters. The van der Waals surface area contributed by atoms with Gasteiger partial charge in [-0.05, 0) is 54.7 Å². The van der Waals surface area contributed by atoms with Gasteiger partial charge in [0.25, 0.3) is 0 Å². The number of hydrogen-bond donors (Lipinski definition) is 1. The first-order chi connectivity index (χ1) is 10.0.